The normalized spacial score (nSPS) is 18.1. The number of anilines is 1. The number of aliphatic hydroxyl groups excluding tert-OH is 1. The number of ether oxygens (including phenoxy) is 3. The Morgan fingerprint density at radius 3 is 1.77 bits per heavy atom. The first kappa shape index (κ1) is 52.7. The number of phosphoric ester groups is 1. The van der Waals surface area contributed by atoms with Crippen LogP contribution in [0, 0.1) is 0 Å². The molecule has 16 heteroatoms. The minimum absolute atomic E-state index is 0.120. The van der Waals surface area contributed by atoms with Crippen LogP contribution in [-0.4, -0.2) is 74.7 Å². The van der Waals surface area contributed by atoms with E-state index in [4.69, 9.17) is 29.0 Å². The summed E-state index contributed by atoms with van der Waals surface area (Å²) in [6.07, 6.45) is 30.2. The van der Waals surface area contributed by atoms with Gasteiger partial charge in [0.2, 0.25) is 0 Å². The maximum absolute atomic E-state index is 12.9. The predicted molar refractivity (Wildman–Crippen MR) is 235 cm³/mol. The topological polar surface area (TPSA) is 210 Å². The average molecular weight is 881 g/mol. The fourth-order valence-electron chi connectivity index (χ4n) is 7.69. The van der Waals surface area contributed by atoms with Crippen molar-refractivity contribution in [2.75, 3.05) is 25.6 Å². The van der Waals surface area contributed by atoms with Crippen LogP contribution in [0.4, 0.5) is 5.82 Å². The van der Waals surface area contributed by atoms with Gasteiger partial charge in [0.1, 0.15) is 30.8 Å². The van der Waals surface area contributed by atoms with Crippen molar-refractivity contribution in [1.29, 1.82) is 0 Å². The maximum atomic E-state index is 12.9. The molecule has 15 nitrogen and oxygen atoms in total. The van der Waals surface area contributed by atoms with Gasteiger partial charge in [-0.2, -0.15) is 0 Å². The number of fused-ring (bicyclic) bond motifs is 1. The fraction of sp³-hybridized carbons (Fsp3) is 0.844. The van der Waals surface area contributed by atoms with Crippen molar-refractivity contribution < 1.29 is 47.4 Å². The Morgan fingerprint density at radius 2 is 1.25 bits per heavy atom. The minimum Gasteiger partial charge on any atom is -0.756 e. The molecule has 0 spiro atoms. The first-order valence-electron chi connectivity index (χ1n) is 23.8. The van der Waals surface area contributed by atoms with Crippen molar-refractivity contribution in [2.24, 2.45) is 0 Å². The van der Waals surface area contributed by atoms with Gasteiger partial charge in [0, 0.05) is 19.3 Å². The summed E-state index contributed by atoms with van der Waals surface area (Å²) in [4.78, 5) is 50.6. The summed E-state index contributed by atoms with van der Waals surface area (Å²) in [5.74, 6) is -0.762. The van der Waals surface area contributed by atoms with Gasteiger partial charge in [0.15, 0.2) is 17.6 Å². The van der Waals surface area contributed by atoms with E-state index in [0.29, 0.717) is 24.0 Å². The second-order valence-corrected chi connectivity index (χ2v) is 18.2. The van der Waals surface area contributed by atoms with Crippen molar-refractivity contribution in [1.82, 2.24) is 19.5 Å². The second kappa shape index (κ2) is 32.0. The number of nitrogens with zero attached hydrogens (tertiary/aromatic N) is 4. The van der Waals surface area contributed by atoms with Crippen LogP contribution in [0.1, 0.15) is 206 Å². The molecule has 2 aromatic rings. The lowest BCUT2D eigenvalue weighted by molar-refractivity contribution is -0.231. The quantitative estimate of drug-likeness (QED) is 0.0365. The summed E-state index contributed by atoms with van der Waals surface area (Å²) in [7, 11) is -4.97. The molecule has 1 aliphatic heterocycles. The molecule has 3 rings (SSSR count). The first-order chi connectivity index (χ1) is 29.6. The molecular formula is C45H79N5O10P-. The molecule has 3 heterocycles. The molecule has 350 valence electrons. The first-order valence-corrected chi connectivity index (χ1v) is 25.3. The fourth-order valence-corrected chi connectivity index (χ4v) is 8.44. The number of nitrogen functional groups attached to an aromatic ring is 1. The van der Waals surface area contributed by atoms with Crippen LogP contribution in [0.15, 0.2) is 12.7 Å². The molecule has 3 N–H and O–H groups in total. The molecule has 0 aromatic carbocycles. The highest BCUT2D eigenvalue weighted by Gasteiger charge is 2.37. The number of hydrogen-bond acceptors (Lipinski definition) is 14. The van der Waals surface area contributed by atoms with Crippen LogP contribution < -0.4 is 10.6 Å². The number of rotatable bonds is 38. The van der Waals surface area contributed by atoms with Crippen LogP contribution >= 0.6 is 7.82 Å². The van der Waals surface area contributed by atoms with Gasteiger partial charge in [-0.15, -0.1) is 0 Å². The van der Waals surface area contributed by atoms with E-state index < -0.39 is 57.5 Å². The van der Waals surface area contributed by atoms with E-state index in [2.05, 4.69) is 28.8 Å². The number of phosphoric acid groups is 1. The van der Waals surface area contributed by atoms with E-state index >= 15 is 0 Å². The van der Waals surface area contributed by atoms with Gasteiger partial charge in [0.05, 0.1) is 25.6 Å². The summed E-state index contributed by atoms with van der Waals surface area (Å²) < 4.78 is 41.6. The zero-order chi connectivity index (χ0) is 44.0. The molecule has 0 bridgehead atoms. The molecule has 0 amide bonds. The van der Waals surface area contributed by atoms with Crippen molar-refractivity contribution in [3.05, 3.63) is 12.7 Å². The van der Waals surface area contributed by atoms with Crippen LogP contribution in [0.3, 0.4) is 0 Å². The molecule has 1 unspecified atom stereocenters. The number of carbonyl (C=O) groups is 2. The smallest absolute Gasteiger partial charge is 0.306 e. The SMILES string of the molecule is CCCCCCCCCCCCCCCC(=O)OC[C@@H](COP(=O)([O-])OC[C@H]1O[C@@H](n2cnc3c(N)ncnc32)C[C@@H]1O)OC(=O)CCCCCCCCCCCCCCC. The summed E-state index contributed by atoms with van der Waals surface area (Å²) >= 11 is 0. The number of hydrogen-bond donors (Lipinski definition) is 2. The van der Waals surface area contributed by atoms with Gasteiger partial charge in [0.25, 0.3) is 7.82 Å². The lowest BCUT2D eigenvalue weighted by Gasteiger charge is -2.27. The summed E-state index contributed by atoms with van der Waals surface area (Å²) in [6, 6.07) is 0. The Balaban J connectivity index is 1.38. The Morgan fingerprint density at radius 1 is 0.754 bits per heavy atom. The van der Waals surface area contributed by atoms with Crippen LogP contribution in [0.5, 0.6) is 0 Å². The van der Waals surface area contributed by atoms with E-state index in [0.717, 1.165) is 38.5 Å². The number of unbranched alkanes of at least 4 members (excludes halogenated alkanes) is 24. The standard InChI is InChI=1S/C45H80N5O10P/c1-3-5-7-9-11-13-15-17-19-21-23-25-27-29-41(52)56-32-37(59-42(53)30-28-26-24-22-20-18-16-14-12-10-8-6-4-2)33-57-61(54,55)58-34-39-38(51)31-40(60-39)50-36-49-43-44(46)47-35-48-45(43)50/h35-40,51H,3-34H2,1-2H3,(H,54,55)(H2,46,47,48)/p-1/t37-,38-,39+,40+/m0/s1. The number of imidazole rings is 1. The van der Waals surface area contributed by atoms with Gasteiger partial charge in [-0.1, -0.05) is 168 Å². The zero-order valence-electron chi connectivity index (χ0n) is 37.5. The van der Waals surface area contributed by atoms with E-state index in [1.54, 1.807) is 4.57 Å². The number of aliphatic hydroxyl groups is 1. The molecule has 61 heavy (non-hydrogen) atoms. The molecule has 1 saturated heterocycles. The largest absolute Gasteiger partial charge is 0.756 e. The minimum atomic E-state index is -4.97. The Kier molecular flexibility index (Phi) is 27.7. The van der Waals surface area contributed by atoms with Crippen molar-refractivity contribution >= 4 is 36.7 Å². The molecule has 5 atom stereocenters. The van der Waals surface area contributed by atoms with E-state index in [-0.39, 0.29) is 31.7 Å². The zero-order valence-corrected chi connectivity index (χ0v) is 38.4. The van der Waals surface area contributed by atoms with Crippen LogP contribution in [-0.2, 0) is 37.4 Å². The van der Waals surface area contributed by atoms with E-state index in [1.165, 1.54) is 128 Å². The highest BCUT2D eigenvalue weighted by atomic mass is 31.2. The van der Waals surface area contributed by atoms with Gasteiger partial charge in [-0.05, 0) is 12.8 Å². The number of esters is 2. The lowest BCUT2D eigenvalue weighted by atomic mass is 10.0. The monoisotopic (exact) mass is 881 g/mol. The highest BCUT2D eigenvalue weighted by molar-refractivity contribution is 7.45. The molecule has 0 radical (unpaired) electrons. The second-order valence-electron chi connectivity index (χ2n) is 16.8. The van der Waals surface area contributed by atoms with E-state index in [1.807, 2.05) is 0 Å². The predicted octanol–water partition coefficient (Wildman–Crippen LogP) is 9.98. The highest BCUT2D eigenvalue weighted by Crippen LogP contribution is 2.41. The lowest BCUT2D eigenvalue weighted by Crippen LogP contribution is -2.31. The molecule has 0 aliphatic carbocycles. The molecule has 0 saturated carbocycles. The van der Waals surface area contributed by atoms with Crippen LogP contribution in [0.2, 0.25) is 0 Å². The van der Waals surface area contributed by atoms with Crippen molar-refractivity contribution in [2.45, 2.75) is 225 Å². The van der Waals surface area contributed by atoms with Crippen molar-refractivity contribution in [3.8, 4) is 0 Å². The Bertz CT molecular complexity index is 1520. The van der Waals surface area contributed by atoms with Gasteiger partial charge in [-0.3, -0.25) is 18.7 Å². The van der Waals surface area contributed by atoms with Crippen molar-refractivity contribution in [3.63, 3.8) is 0 Å². The van der Waals surface area contributed by atoms with Gasteiger partial charge in [-0.25, -0.2) is 15.0 Å². The number of nitrogens with two attached hydrogens (primary N) is 1. The third kappa shape index (κ3) is 23.0. The summed E-state index contributed by atoms with van der Waals surface area (Å²) in [5.41, 5.74) is 6.67. The average Bonchev–Trinajstić information content (AvgIpc) is 3.85. The maximum Gasteiger partial charge on any atom is 0.306 e. The summed E-state index contributed by atoms with van der Waals surface area (Å²) in [5, 5.41) is 10.7. The molecule has 2 aromatic heterocycles. The third-order valence-corrected chi connectivity index (χ3v) is 12.3. The van der Waals surface area contributed by atoms with Gasteiger partial charge < -0.3 is 39.0 Å². The van der Waals surface area contributed by atoms with E-state index in [9.17, 15) is 24.2 Å². The van der Waals surface area contributed by atoms with Gasteiger partial charge >= 0.3 is 11.9 Å². The Hall–Kier alpha value is -2.68. The molecular weight excluding hydrogens is 801 g/mol. The third-order valence-electron chi connectivity index (χ3n) is 11.4. The molecule has 1 aliphatic rings. The number of carbonyl (C=O) groups excluding carboxylic acids is 2. The summed E-state index contributed by atoms with van der Waals surface area (Å²) in [6.45, 7) is 3.00. The Labute approximate surface area is 365 Å². The van der Waals surface area contributed by atoms with Crippen LogP contribution in [0.25, 0.3) is 11.2 Å². The molecule has 1 fully saturated rings. The number of aromatic nitrogens is 4.